The van der Waals surface area contributed by atoms with Crippen LogP contribution in [-0.2, 0) is 23.7 Å². The molecule has 0 fully saturated rings. The molecule has 0 N–H and O–H groups in total. The summed E-state index contributed by atoms with van der Waals surface area (Å²) in [4.78, 5) is 10.7. The molecule has 0 spiro atoms. The lowest BCUT2D eigenvalue weighted by molar-refractivity contribution is -0.574. The van der Waals surface area contributed by atoms with Gasteiger partial charge in [-0.3, -0.25) is 0 Å². The van der Waals surface area contributed by atoms with Gasteiger partial charge >= 0.3 is 30.8 Å². The van der Waals surface area contributed by atoms with Crippen LogP contribution in [0.1, 0.15) is 0 Å². The predicted molar refractivity (Wildman–Crippen MR) is 111 cm³/mol. The Bertz CT molecular complexity index is 1260. The van der Waals surface area contributed by atoms with E-state index in [-0.39, 0.29) is 11.3 Å². The molecule has 7 nitrogen and oxygen atoms in total. The second-order valence-electron chi connectivity index (χ2n) is 7.28. The Labute approximate surface area is 208 Å². The molecule has 38 heavy (non-hydrogen) atoms. The second-order valence-corrected chi connectivity index (χ2v) is 7.28. The predicted octanol–water partition coefficient (Wildman–Crippen LogP) is 6.54. The van der Waals surface area contributed by atoms with E-state index >= 15 is 0 Å². The topological polar surface area (TPSA) is 76.4 Å². The van der Waals surface area contributed by atoms with Crippen molar-refractivity contribution >= 4 is 16.9 Å². The highest BCUT2D eigenvalue weighted by Crippen LogP contribution is 2.37. The Morgan fingerprint density at radius 3 is 2.03 bits per heavy atom. The summed E-state index contributed by atoms with van der Waals surface area (Å²) in [6, 6.07) is 14.2. The molecule has 1 aromatic heterocycles. The minimum Gasteiger partial charge on any atom is -0.484 e. The van der Waals surface area contributed by atoms with E-state index in [9.17, 15) is 39.9 Å². The molecule has 0 bridgehead atoms. The fourth-order valence-corrected chi connectivity index (χ4v) is 2.81. The fraction of sp³-hybridized carbons (Fsp3) is 0.261. The van der Waals surface area contributed by atoms with Crippen molar-refractivity contribution in [1.82, 2.24) is 0 Å². The molecule has 1 heterocycles. The lowest BCUT2D eigenvalue weighted by atomic mass is 10.1. The van der Waals surface area contributed by atoms with Crippen LogP contribution in [0.3, 0.4) is 0 Å². The molecule has 0 aliphatic carbocycles. The highest BCUT2D eigenvalue weighted by Gasteiger charge is 2.57. The summed E-state index contributed by atoms with van der Waals surface area (Å²) in [7, 11) is 0. The normalized spacial score (nSPS) is 12.9. The van der Waals surface area contributed by atoms with E-state index in [1.165, 1.54) is 12.1 Å². The van der Waals surface area contributed by atoms with Crippen LogP contribution in [0.2, 0.25) is 0 Å². The number of hydrogen-bond acceptors (Lipinski definition) is 7. The van der Waals surface area contributed by atoms with Crippen molar-refractivity contribution in [2.45, 2.75) is 24.8 Å². The molecule has 0 radical (unpaired) electrons. The molecule has 0 aliphatic rings. The van der Waals surface area contributed by atoms with Gasteiger partial charge in [-0.2, -0.15) is 17.6 Å². The van der Waals surface area contributed by atoms with Crippen LogP contribution in [-0.4, -0.2) is 44.0 Å². The van der Waals surface area contributed by atoms with Gasteiger partial charge in [0.1, 0.15) is 17.1 Å². The second kappa shape index (κ2) is 11.0. The van der Waals surface area contributed by atoms with E-state index in [0.29, 0.717) is 22.8 Å². The lowest BCUT2D eigenvalue weighted by Crippen LogP contribution is -2.46. The third-order valence-corrected chi connectivity index (χ3v) is 4.28. The third-order valence-electron chi connectivity index (χ3n) is 4.28. The van der Waals surface area contributed by atoms with Crippen LogP contribution in [0.25, 0.3) is 22.3 Å². The maximum absolute atomic E-state index is 13.9. The summed E-state index contributed by atoms with van der Waals surface area (Å²) in [5, 5.41) is 0.553. The third kappa shape index (κ3) is 8.43. The Morgan fingerprint density at radius 2 is 1.42 bits per heavy atom. The van der Waals surface area contributed by atoms with Crippen LogP contribution < -0.4 is 4.74 Å². The van der Waals surface area contributed by atoms with Crippen molar-refractivity contribution in [3.63, 3.8) is 0 Å². The Balaban J connectivity index is 1.59. The van der Waals surface area contributed by atoms with Gasteiger partial charge in [0.25, 0.3) is 0 Å². The van der Waals surface area contributed by atoms with E-state index in [2.05, 4.69) is 25.5 Å². The minimum absolute atomic E-state index is 0.191. The van der Waals surface area contributed by atoms with E-state index in [4.69, 9.17) is 9.15 Å². The van der Waals surface area contributed by atoms with Crippen molar-refractivity contribution in [3.8, 4) is 17.1 Å². The van der Waals surface area contributed by atoms with Crippen molar-refractivity contribution in [1.29, 1.82) is 0 Å². The number of halogens is 8. The van der Waals surface area contributed by atoms with Gasteiger partial charge in [-0.05, 0) is 18.2 Å². The first-order chi connectivity index (χ1) is 17.6. The molecule has 0 saturated carbocycles. The maximum Gasteiger partial charge on any atom is 0.496 e. The number of benzene rings is 2. The summed E-state index contributed by atoms with van der Waals surface area (Å²) in [5.74, 6) is -1.33. The van der Waals surface area contributed by atoms with Crippen molar-refractivity contribution < 1.29 is 68.0 Å². The Morgan fingerprint density at radius 1 is 0.816 bits per heavy atom. The zero-order chi connectivity index (χ0) is 28.2. The number of hydrogen-bond donors (Lipinski definition) is 0. The Kier molecular flexibility index (Phi) is 8.33. The van der Waals surface area contributed by atoms with E-state index in [1.807, 2.05) is 0 Å². The lowest BCUT2D eigenvalue weighted by Gasteiger charge is -2.27. The zero-order valence-corrected chi connectivity index (χ0v) is 18.8. The smallest absolute Gasteiger partial charge is 0.484 e. The SMILES string of the molecule is C=CC(=O)OCC(F)(F)OC(F)(F)OC(F)(F)OC(F)(F)COc1ccc2cc(-c3ccccc3)oc2c1. The van der Waals surface area contributed by atoms with Crippen LogP contribution in [0.15, 0.2) is 71.7 Å². The van der Waals surface area contributed by atoms with Crippen LogP contribution in [0.5, 0.6) is 5.75 Å². The largest absolute Gasteiger partial charge is 0.496 e. The number of alkyl halides is 8. The molecular weight excluding hydrogens is 540 g/mol. The maximum atomic E-state index is 13.9. The van der Waals surface area contributed by atoms with E-state index in [0.717, 1.165) is 6.07 Å². The number of carbonyl (C=O) groups excluding carboxylic acids is 1. The van der Waals surface area contributed by atoms with Gasteiger partial charge in [-0.15, -0.1) is 17.6 Å². The monoisotopic (exact) mass is 556 g/mol. The number of ether oxygens (including phenoxy) is 5. The summed E-state index contributed by atoms with van der Waals surface area (Å²) < 4.78 is 131. The number of fused-ring (bicyclic) bond motifs is 1. The molecule has 3 aromatic rings. The fourth-order valence-electron chi connectivity index (χ4n) is 2.81. The molecule has 0 saturated heterocycles. The molecule has 15 heteroatoms. The number of furan rings is 1. The van der Waals surface area contributed by atoms with Gasteiger partial charge in [0, 0.05) is 23.1 Å². The van der Waals surface area contributed by atoms with Gasteiger partial charge in [-0.25, -0.2) is 19.0 Å². The average molecular weight is 556 g/mol. The van der Waals surface area contributed by atoms with Crippen LogP contribution >= 0.6 is 0 Å². The highest BCUT2D eigenvalue weighted by atomic mass is 19.3. The molecule has 206 valence electrons. The first-order valence-electron chi connectivity index (χ1n) is 10.2. The first kappa shape index (κ1) is 28.9. The van der Waals surface area contributed by atoms with Crippen molar-refractivity contribution in [3.05, 3.63) is 67.3 Å². The quantitative estimate of drug-likeness (QED) is 0.102. The summed E-state index contributed by atoms with van der Waals surface area (Å²) in [6.07, 6.45) is -21.3. The molecule has 0 unspecified atom stereocenters. The van der Waals surface area contributed by atoms with Gasteiger partial charge in [0.2, 0.25) is 0 Å². The highest BCUT2D eigenvalue weighted by molar-refractivity contribution is 5.84. The first-order valence-corrected chi connectivity index (χ1v) is 10.2. The van der Waals surface area contributed by atoms with Crippen molar-refractivity contribution in [2.24, 2.45) is 0 Å². The number of esters is 1. The van der Waals surface area contributed by atoms with Crippen LogP contribution in [0, 0.1) is 0 Å². The van der Waals surface area contributed by atoms with Crippen molar-refractivity contribution in [2.75, 3.05) is 13.2 Å². The molecule has 2 aromatic carbocycles. The van der Waals surface area contributed by atoms with Gasteiger partial charge in [-0.1, -0.05) is 36.9 Å². The molecule has 0 atom stereocenters. The molecule has 3 rings (SSSR count). The molecular formula is C23H16F8O7. The summed E-state index contributed by atoms with van der Waals surface area (Å²) in [6.45, 7) is -1.24. The van der Waals surface area contributed by atoms with E-state index in [1.54, 1.807) is 36.4 Å². The Hall–Kier alpha value is -3.69. The zero-order valence-electron chi connectivity index (χ0n) is 18.8. The van der Waals surface area contributed by atoms with Gasteiger partial charge in [0.15, 0.2) is 13.2 Å². The number of carbonyl (C=O) groups is 1. The molecule has 0 amide bonds. The van der Waals surface area contributed by atoms with E-state index < -0.39 is 44.0 Å². The molecule has 0 aliphatic heterocycles. The summed E-state index contributed by atoms with van der Waals surface area (Å²) in [5.41, 5.74) is 0.903. The standard InChI is InChI=1S/C23H16F8O7/c1-2-19(32)34-13-21(26,27)37-23(30,31)38-22(28,29)36-20(24,25)12-33-16-9-8-15-10-17(35-18(15)11-16)14-6-4-3-5-7-14/h2-11H,1,12-13H2. The number of rotatable bonds is 13. The van der Waals surface area contributed by atoms with Gasteiger partial charge in [0.05, 0.1) is 0 Å². The van der Waals surface area contributed by atoms with Gasteiger partial charge < -0.3 is 13.9 Å². The average Bonchev–Trinajstić information content (AvgIpc) is 3.23. The summed E-state index contributed by atoms with van der Waals surface area (Å²) >= 11 is 0. The van der Waals surface area contributed by atoms with Crippen LogP contribution in [0.4, 0.5) is 35.1 Å². The minimum atomic E-state index is -5.87.